The van der Waals surface area contributed by atoms with E-state index in [1.165, 1.54) is 18.4 Å². The highest BCUT2D eigenvalue weighted by molar-refractivity contribution is 7.17. The lowest BCUT2D eigenvalue weighted by molar-refractivity contribution is -0.126. The average molecular weight is 331 g/mol. The van der Waals surface area contributed by atoms with Crippen molar-refractivity contribution in [2.24, 2.45) is 5.73 Å². The van der Waals surface area contributed by atoms with Crippen molar-refractivity contribution in [3.8, 4) is 10.4 Å². The van der Waals surface area contributed by atoms with E-state index in [2.05, 4.69) is 10.6 Å². The predicted molar refractivity (Wildman–Crippen MR) is 88.9 cm³/mol. The van der Waals surface area contributed by atoms with E-state index < -0.39 is 23.8 Å². The van der Waals surface area contributed by atoms with Gasteiger partial charge in [0.05, 0.1) is 11.3 Å². The number of hydrogen-bond donors (Lipinski definition) is 3. The second-order valence-electron chi connectivity index (χ2n) is 4.84. The van der Waals surface area contributed by atoms with E-state index in [1.807, 2.05) is 36.4 Å². The molecule has 1 atom stereocenters. The molecule has 0 aliphatic carbocycles. The number of likely N-dealkylation sites (N-methyl/N-ethyl adjacent to an activating group) is 1. The zero-order valence-electron chi connectivity index (χ0n) is 12.5. The van der Waals surface area contributed by atoms with Gasteiger partial charge in [0.1, 0.15) is 6.04 Å². The Kier molecular flexibility index (Phi) is 5.48. The lowest BCUT2D eigenvalue weighted by Gasteiger charge is -2.15. The van der Waals surface area contributed by atoms with Crippen LogP contribution < -0.4 is 16.4 Å². The van der Waals surface area contributed by atoms with Crippen molar-refractivity contribution in [3.05, 3.63) is 47.3 Å². The van der Waals surface area contributed by atoms with Gasteiger partial charge in [0.25, 0.3) is 5.91 Å². The van der Waals surface area contributed by atoms with Crippen molar-refractivity contribution in [2.45, 2.75) is 12.5 Å². The molecule has 2 aromatic rings. The van der Waals surface area contributed by atoms with Crippen LogP contribution in [0.5, 0.6) is 0 Å². The first-order valence-corrected chi connectivity index (χ1v) is 7.79. The Morgan fingerprint density at radius 3 is 2.43 bits per heavy atom. The quantitative estimate of drug-likeness (QED) is 0.739. The van der Waals surface area contributed by atoms with Crippen LogP contribution in [-0.2, 0) is 9.59 Å². The maximum atomic E-state index is 12.3. The highest BCUT2D eigenvalue weighted by Crippen LogP contribution is 2.27. The van der Waals surface area contributed by atoms with E-state index in [0.717, 1.165) is 10.4 Å². The van der Waals surface area contributed by atoms with E-state index in [0.29, 0.717) is 4.88 Å². The molecule has 0 radical (unpaired) electrons. The number of nitrogens with one attached hydrogen (secondary N) is 2. The van der Waals surface area contributed by atoms with Gasteiger partial charge in [0, 0.05) is 11.9 Å². The molecule has 6 nitrogen and oxygen atoms in total. The SMILES string of the molecule is CNC(=O)[C@H](CC(N)=O)NC(=O)c1ccc(-c2ccccc2)s1. The van der Waals surface area contributed by atoms with Crippen LogP contribution in [0.1, 0.15) is 16.1 Å². The van der Waals surface area contributed by atoms with Crippen LogP contribution in [0.15, 0.2) is 42.5 Å². The van der Waals surface area contributed by atoms with Crippen molar-refractivity contribution >= 4 is 29.1 Å². The van der Waals surface area contributed by atoms with Crippen molar-refractivity contribution in [1.82, 2.24) is 10.6 Å². The first-order chi connectivity index (χ1) is 11.0. The number of hydrogen-bond acceptors (Lipinski definition) is 4. The van der Waals surface area contributed by atoms with Crippen molar-refractivity contribution in [3.63, 3.8) is 0 Å². The molecule has 4 N–H and O–H groups in total. The van der Waals surface area contributed by atoms with E-state index in [4.69, 9.17) is 5.73 Å². The minimum Gasteiger partial charge on any atom is -0.370 e. The summed E-state index contributed by atoms with van der Waals surface area (Å²) in [6.45, 7) is 0. The van der Waals surface area contributed by atoms with Gasteiger partial charge < -0.3 is 16.4 Å². The number of benzene rings is 1. The Bertz CT molecular complexity index is 712. The van der Waals surface area contributed by atoms with Gasteiger partial charge in [-0.1, -0.05) is 30.3 Å². The highest BCUT2D eigenvalue weighted by Gasteiger charge is 2.23. The summed E-state index contributed by atoms with van der Waals surface area (Å²) in [5.41, 5.74) is 6.12. The fraction of sp³-hybridized carbons (Fsp3) is 0.188. The van der Waals surface area contributed by atoms with Gasteiger partial charge in [0.15, 0.2) is 0 Å². The summed E-state index contributed by atoms with van der Waals surface area (Å²) in [6.07, 6.45) is -0.248. The van der Waals surface area contributed by atoms with E-state index >= 15 is 0 Å². The topological polar surface area (TPSA) is 101 Å². The molecule has 0 aliphatic rings. The van der Waals surface area contributed by atoms with Gasteiger partial charge in [-0.05, 0) is 17.7 Å². The van der Waals surface area contributed by atoms with Crippen LogP contribution in [0, 0.1) is 0 Å². The molecule has 0 saturated heterocycles. The summed E-state index contributed by atoms with van der Waals surface area (Å²) in [5, 5.41) is 4.94. The standard InChI is InChI=1S/C16H17N3O3S/c1-18-15(21)11(9-14(17)20)19-16(22)13-8-7-12(23-13)10-5-3-2-4-6-10/h2-8,11H,9H2,1H3,(H2,17,20)(H,18,21)(H,19,22)/t11-/m0/s1. The third kappa shape index (κ3) is 4.40. The van der Waals surface area contributed by atoms with Gasteiger partial charge >= 0.3 is 0 Å². The highest BCUT2D eigenvalue weighted by atomic mass is 32.1. The van der Waals surface area contributed by atoms with Crippen LogP contribution in [0.3, 0.4) is 0 Å². The molecule has 120 valence electrons. The molecule has 1 aromatic heterocycles. The first kappa shape index (κ1) is 16.7. The third-order valence-electron chi connectivity index (χ3n) is 3.16. The second-order valence-corrected chi connectivity index (χ2v) is 5.92. The lowest BCUT2D eigenvalue weighted by Crippen LogP contribution is -2.47. The largest absolute Gasteiger partial charge is 0.370 e. The van der Waals surface area contributed by atoms with Crippen LogP contribution >= 0.6 is 11.3 Å². The molecule has 0 unspecified atom stereocenters. The molecule has 0 saturated carbocycles. The number of primary amides is 1. The molecule has 3 amide bonds. The van der Waals surface area contributed by atoms with Gasteiger partial charge in [-0.3, -0.25) is 14.4 Å². The van der Waals surface area contributed by atoms with Crippen molar-refractivity contribution in [1.29, 1.82) is 0 Å². The monoisotopic (exact) mass is 331 g/mol. The fourth-order valence-corrected chi connectivity index (χ4v) is 2.95. The molecule has 0 fully saturated rings. The predicted octanol–water partition coefficient (Wildman–Crippen LogP) is 1.13. The molecular formula is C16H17N3O3S. The Hall–Kier alpha value is -2.67. The Balaban J connectivity index is 2.12. The average Bonchev–Trinajstić information content (AvgIpc) is 3.04. The summed E-state index contributed by atoms with van der Waals surface area (Å²) in [4.78, 5) is 36.4. The van der Waals surface area contributed by atoms with E-state index in [1.54, 1.807) is 6.07 Å². The Labute approximate surface area is 137 Å². The lowest BCUT2D eigenvalue weighted by atomic mass is 10.1. The van der Waals surface area contributed by atoms with E-state index in [-0.39, 0.29) is 6.42 Å². The molecule has 2 rings (SSSR count). The second kappa shape index (κ2) is 7.55. The van der Waals surface area contributed by atoms with Gasteiger partial charge in [0.2, 0.25) is 11.8 Å². The normalized spacial score (nSPS) is 11.5. The van der Waals surface area contributed by atoms with Crippen molar-refractivity contribution < 1.29 is 14.4 Å². The Morgan fingerprint density at radius 1 is 1.13 bits per heavy atom. The number of rotatable bonds is 6. The number of amides is 3. The van der Waals surface area contributed by atoms with E-state index in [9.17, 15) is 14.4 Å². The van der Waals surface area contributed by atoms with Crippen LogP contribution in [0.4, 0.5) is 0 Å². The molecule has 23 heavy (non-hydrogen) atoms. The fourth-order valence-electron chi connectivity index (χ4n) is 2.03. The van der Waals surface area contributed by atoms with Crippen molar-refractivity contribution in [2.75, 3.05) is 7.05 Å². The maximum Gasteiger partial charge on any atom is 0.262 e. The summed E-state index contributed by atoms with van der Waals surface area (Å²) in [7, 11) is 1.43. The molecule has 1 aromatic carbocycles. The summed E-state index contributed by atoms with van der Waals surface area (Å²) >= 11 is 1.31. The van der Waals surface area contributed by atoms with Gasteiger partial charge in [-0.2, -0.15) is 0 Å². The minimum absolute atomic E-state index is 0.248. The molecular weight excluding hydrogens is 314 g/mol. The van der Waals surface area contributed by atoms with Crippen LogP contribution in [0.2, 0.25) is 0 Å². The summed E-state index contributed by atoms with van der Waals surface area (Å²) in [6, 6.07) is 12.2. The summed E-state index contributed by atoms with van der Waals surface area (Å²) in [5.74, 6) is -1.53. The molecule has 0 spiro atoms. The zero-order valence-corrected chi connectivity index (χ0v) is 13.4. The first-order valence-electron chi connectivity index (χ1n) is 6.97. The molecule has 0 bridgehead atoms. The third-order valence-corrected chi connectivity index (χ3v) is 4.29. The van der Waals surface area contributed by atoms with Crippen LogP contribution in [-0.4, -0.2) is 30.8 Å². The van der Waals surface area contributed by atoms with Crippen LogP contribution in [0.25, 0.3) is 10.4 Å². The number of carbonyl (C=O) groups excluding carboxylic acids is 3. The number of nitrogens with two attached hydrogens (primary N) is 1. The minimum atomic E-state index is -0.979. The molecule has 0 aliphatic heterocycles. The maximum absolute atomic E-state index is 12.3. The number of carbonyl (C=O) groups is 3. The van der Waals surface area contributed by atoms with Gasteiger partial charge in [-0.15, -0.1) is 11.3 Å². The Morgan fingerprint density at radius 2 is 1.83 bits per heavy atom. The molecule has 1 heterocycles. The summed E-state index contributed by atoms with van der Waals surface area (Å²) < 4.78 is 0. The number of thiophene rings is 1. The molecule has 7 heteroatoms. The zero-order chi connectivity index (χ0) is 16.8. The smallest absolute Gasteiger partial charge is 0.262 e. The van der Waals surface area contributed by atoms with Gasteiger partial charge in [-0.25, -0.2) is 0 Å².